The van der Waals surface area contributed by atoms with E-state index in [-0.39, 0.29) is 11.1 Å². The van der Waals surface area contributed by atoms with Crippen LogP contribution in [0.3, 0.4) is 0 Å². The molecule has 2 nitrogen and oxygen atoms in total. The fourth-order valence-corrected chi connectivity index (χ4v) is 2.67. The summed E-state index contributed by atoms with van der Waals surface area (Å²) < 4.78 is 20.6. The van der Waals surface area contributed by atoms with Gasteiger partial charge in [-0.15, -0.1) is 11.3 Å². The van der Waals surface area contributed by atoms with Gasteiger partial charge in [-0.05, 0) is 32.2 Å². The monoisotopic (exact) mass is 302 g/mol. The number of hydrogen-bond donors (Lipinski definition) is 2. The SMILES string of the molecule is C=C/C(F)=C(\C=N\SNC)c1ccc(C(C)S)s1. The predicted octanol–water partition coefficient (Wildman–Crippen LogP) is 4.46. The molecule has 1 aromatic rings. The van der Waals surface area contributed by atoms with Crippen LogP contribution in [0.15, 0.2) is 35.0 Å². The summed E-state index contributed by atoms with van der Waals surface area (Å²) in [5.41, 5.74) is 0.443. The minimum Gasteiger partial charge on any atom is -0.247 e. The quantitative estimate of drug-likeness (QED) is 0.351. The zero-order valence-corrected chi connectivity index (χ0v) is 12.7. The van der Waals surface area contributed by atoms with E-state index in [2.05, 4.69) is 28.3 Å². The molecule has 1 N–H and O–H groups in total. The van der Waals surface area contributed by atoms with E-state index in [1.807, 2.05) is 19.1 Å². The second kappa shape index (κ2) is 7.78. The summed E-state index contributed by atoms with van der Waals surface area (Å²) >= 11 is 7.02. The molecule has 1 atom stereocenters. The molecule has 1 unspecified atom stereocenters. The van der Waals surface area contributed by atoms with Crippen molar-refractivity contribution < 1.29 is 4.39 Å². The third-order valence-corrected chi connectivity index (χ3v) is 4.21. The van der Waals surface area contributed by atoms with Gasteiger partial charge < -0.3 is 0 Å². The second-order valence-corrected chi connectivity index (χ2v) is 6.07. The molecule has 18 heavy (non-hydrogen) atoms. The van der Waals surface area contributed by atoms with Crippen molar-refractivity contribution >= 4 is 47.9 Å². The summed E-state index contributed by atoms with van der Waals surface area (Å²) in [6.45, 7) is 5.43. The van der Waals surface area contributed by atoms with Gasteiger partial charge in [0, 0.05) is 26.8 Å². The molecule has 98 valence electrons. The van der Waals surface area contributed by atoms with Crippen LogP contribution in [0.2, 0.25) is 0 Å². The topological polar surface area (TPSA) is 24.4 Å². The molecule has 0 aliphatic rings. The van der Waals surface area contributed by atoms with E-state index in [1.54, 1.807) is 7.05 Å². The maximum absolute atomic E-state index is 13.7. The van der Waals surface area contributed by atoms with Crippen LogP contribution in [0.1, 0.15) is 21.9 Å². The third kappa shape index (κ3) is 4.28. The first-order valence-corrected chi connectivity index (χ1v) is 7.37. The van der Waals surface area contributed by atoms with Crippen molar-refractivity contribution in [1.82, 2.24) is 4.72 Å². The lowest BCUT2D eigenvalue weighted by Crippen LogP contribution is -1.89. The predicted molar refractivity (Wildman–Crippen MR) is 85.1 cm³/mol. The summed E-state index contributed by atoms with van der Waals surface area (Å²) in [6, 6.07) is 3.83. The van der Waals surface area contributed by atoms with Gasteiger partial charge in [-0.3, -0.25) is 0 Å². The van der Waals surface area contributed by atoms with Gasteiger partial charge in [-0.2, -0.15) is 12.6 Å². The first-order chi connectivity index (χ1) is 8.60. The normalized spacial score (nSPS) is 14.7. The Morgan fingerprint density at radius 3 is 2.89 bits per heavy atom. The molecule has 1 heterocycles. The van der Waals surface area contributed by atoms with Gasteiger partial charge in [-0.25, -0.2) is 13.5 Å². The van der Waals surface area contributed by atoms with Crippen molar-refractivity contribution in [3.8, 4) is 0 Å². The van der Waals surface area contributed by atoms with Crippen LogP contribution in [0.4, 0.5) is 4.39 Å². The molecule has 0 aromatic carbocycles. The zero-order valence-electron chi connectivity index (χ0n) is 10.2. The molecule has 0 saturated heterocycles. The Labute approximate surface area is 121 Å². The standard InChI is InChI=1S/C12H15FN2S3/c1-4-10(13)9(7-15-18-14-3)12-6-5-11(17-12)8(2)16/h4-8,14,16H,1H2,2-3H3/b10-9-,15-7+. The molecule has 0 fully saturated rings. The summed E-state index contributed by atoms with van der Waals surface area (Å²) in [4.78, 5) is 1.92. The Bertz CT molecular complexity index is 464. The highest BCUT2D eigenvalue weighted by atomic mass is 32.2. The Balaban J connectivity index is 3.06. The summed E-state index contributed by atoms with van der Waals surface area (Å²) in [5.74, 6) is -0.379. The Morgan fingerprint density at radius 2 is 2.39 bits per heavy atom. The summed E-state index contributed by atoms with van der Waals surface area (Å²) in [7, 11) is 1.75. The van der Waals surface area contributed by atoms with Crippen molar-refractivity contribution in [1.29, 1.82) is 0 Å². The molecule has 0 aliphatic carbocycles. The minimum absolute atomic E-state index is 0.139. The van der Waals surface area contributed by atoms with Gasteiger partial charge in [0.15, 0.2) is 0 Å². The van der Waals surface area contributed by atoms with Crippen molar-refractivity contribution in [3.05, 3.63) is 40.4 Å². The maximum Gasteiger partial charge on any atom is 0.132 e. The van der Waals surface area contributed by atoms with Crippen molar-refractivity contribution in [2.45, 2.75) is 12.2 Å². The minimum atomic E-state index is -0.379. The molecule has 0 spiro atoms. The number of thiol groups is 1. The molecule has 0 saturated carbocycles. The van der Waals surface area contributed by atoms with Crippen LogP contribution in [-0.2, 0) is 0 Å². The van der Waals surface area contributed by atoms with Crippen molar-refractivity contribution in [2.75, 3.05) is 7.05 Å². The number of nitrogens with zero attached hydrogens (tertiary/aromatic N) is 1. The van der Waals surface area contributed by atoms with E-state index in [9.17, 15) is 4.39 Å². The van der Waals surface area contributed by atoms with Crippen LogP contribution >= 0.6 is 36.1 Å². The Morgan fingerprint density at radius 1 is 1.67 bits per heavy atom. The highest BCUT2D eigenvalue weighted by Gasteiger charge is 2.10. The van der Waals surface area contributed by atoms with Gasteiger partial charge in [0.25, 0.3) is 0 Å². The van der Waals surface area contributed by atoms with Crippen LogP contribution in [0, 0.1) is 0 Å². The maximum atomic E-state index is 13.7. The van der Waals surface area contributed by atoms with Gasteiger partial charge in [0.05, 0.1) is 12.1 Å². The molecule has 1 aromatic heterocycles. The number of thiophene rings is 1. The summed E-state index contributed by atoms with van der Waals surface area (Å²) in [6.07, 6.45) is 2.69. The van der Waals surface area contributed by atoms with Crippen LogP contribution in [0.25, 0.3) is 5.57 Å². The molecule has 1 rings (SSSR count). The van der Waals surface area contributed by atoms with Gasteiger partial charge in [-0.1, -0.05) is 6.58 Å². The van der Waals surface area contributed by atoms with Gasteiger partial charge >= 0.3 is 0 Å². The largest absolute Gasteiger partial charge is 0.247 e. The van der Waals surface area contributed by atoms with Crippen molar-refractivity contribution in [2.24, 2.45) is 4.40 Å². The highest BCUT2D eigenvalue weighted by molar-refractivity contribution is 7.96. The van der Waals surface area contributed by atoms with E-state index >= 15 is 0 Å². The van der Waals surface area contributed by atoms with Crippen molar-refractivity contribution in [3.63, 3.8) is 0 Å². The average molecular weight is 302 g/mol. The number of hydrogen-bond acceptors (Lipinski definition) is 5. The number of allylic oxidation sites excluding steroid dienone is 3. The lowest BCUT2D eigenvalue weighted by atomic mass is 10.2. The summed E-state index contributed by atoms with van der Waals surface area (Å²) in [5, 5.41) is 0.139. The van der Waals surface area contributed by atoms with E-state index in [0.717, 1.165) is 21.9 Å². The highest BCUT2D eigenvalue weighted by Crippen LogP contribution is 2.32. The number of nitrogens with one attached hydrogen (secondary N) is 1. The van der Waals surface area contributed by atoms with Crippen LogP contribution in [0.5, 0.6) is 0 Å². The molecule has 0 amide bonds. The first-order valence-electron chi connectivity index (χ1n) is 5.26. The fraction of sp³-hybridized carbons (Fsp3) is 0.250. The van der Waals surface area contributed by atoms with E-state index in [1.165, 1.54) is 23.6 Å². The van der Waals surface area contributed by atoms with Crippen LogP contribution < -0.4 is 4.72 Å². The number of halogens is 1. The van der Waals surface area contributed by atoms with E-state index < -0.39 is 0 Å². The second-order valence-electron chi connectivity index (χ2n) is 3.37. The fourth-order valence-electron chi connectivity index (χ4n) is 1.21. The third-order valence-electron chi connectivity index (χ3n) is 2.07. The Kier molecular flexibility index (Phi) is 6.70. The van der Waals surface area contributed by atoms with Gasteiger partial charge in [0.1, 0.15) is 5.83 Å². The first kappa shape index (κ1) is 15.5. The smallest absolute Gasteiger partial charge is 0.132 e. The Hall–Kier alpha value is -0.560. The van der Waals surface area contributed by atoms with E-state index in [4.69, 9.17) is 0 Å². The molecule has 0 aliphatic heterocycles. The zero-order chi connectivity index (χ0) is 13.5. The van der Waals surface area contributed by atoms with Crippen LogP contribution in [-0.4, -0.2) is 13.3 Å². The lowest BCUT2D eigenvalue weighted by molar-refractivity contribution is 0.673. The lowest BCUT2D eigenvalue weighted by Gasteiger charge is -2.00. The molecule has 0 bridgehead atoms. The van der Waals surface area contributed by atoms with Gasteiger partial charge in [0.2, 0.25) is 0 Å². The molecule has 6 heteroatoms. The molecular formula is C12H15FN2S3. The van der Waals surface area contributed by atoms with E-state index in [0.29, 0.717) is 5.57 Å². The average Bonchev–Trinajstić information content (AvgIpc) is 2.83. The molecular weight excluding hydrogens is 287 g/mol. The molecule has 0 radical (unpaired) electrons. The number of rotatable bonds is 6.